The number of methoxy groups -OCH3 is 1. The van der Waals surface area contributed by atoms with Crippen LogP contribution in [0, 0.1) is 11.3 Å². The number of hydrogen-bond acceptors (Lipinski definition) is 4. The first-order valence-electron chi connectivity index (χ1n) is 8.05. The van der Waals surface area contributed by atoms with E-state index in [0.29, 0.717) is 16.6 Å². The first-order chi connectivity index (χ1) is 11.7. The highest BCUT2D eigenvalue weighted by Gasteiger charge is 2.20. The Morgan fingerprint density at radius 2 is 1.88 bits per heavy atom. The maximum Gasteiger partial charge on any atom is 0.119 e. The fraction of sp³-hybridized carbons (Fsp3) is 0.316. The van der Waals surface area contributed by atoms with Crippen LogP contribution >= 0.6 is 11.6 Å². The van der Waals surface area contributed by atoms with Gasteiger partial charge in [-0.1, -0.05) is 11.6 Å². The lowest BCUT2D eigenvalue weighted by Gasteiger charge is -2.34. The Kier molecular flexibility index (Phi) is 5.12. The van der Waals surface area contributed by atoms with Crippen molar-refractivity contribution in [2.75, 3.05) is 30.4 Å². The molecule has 1 aliphatic rings. The topological polar surface area (TPSA) is 48.3 Å². The molecule has 0 spiro atoms. The first kappa shape index (κ1) is 16.5. The second-order valence-electron chi connectivity index (χ2n) is 5.91. The molecule has 0 atom stereocenters. The Hall–Kier alpha value is -2.38. The molecule has 1 saturated heterocycles. The highest BCUT2D eigenvalue weighted by atomic mass is 35.5. The van der Waals surface area contributed by atoms with Gasteiger partial charge in [-0.3, -0.25) is 0 Å². The smallest absolute Gasteiger partial charge is 0.119 e. The van der Waals surface area contributed by atoms with Crippen LogP contribution in [0.2, 0.25) is 5.02 Å². The van der Waals surface area contributed by atoms with Gasteiger partial charge in [0.05, 0.1) is 18.4 Å². The summed E-state index contributed by atoms with van der Waals surface area (Å²) in [4.78, 5) is 2.38. The Morgan fingerprint density at radius 3 is 2.50 bits per heavy atom. The van der Waals surface area contributed by atoms with E-state index >= 15 is 0 Å². The van der Waals surface area contributed by atoms with E-state index in [2.05, 4.69) is 28.4 Å². The molecule has 24 heavy (non-hydrogen) atoms. The van der Waals surface area contributed by atoms with E-state index in [4.69, 9.17) is 16.3 Å². The van der Waals surface area contributed by atoms with Gasteiger partial charge in [-0.2, -0.15) is 5.26 Å². The largest absolute Gasteiger partial charge is 0.497 e. The third kappa shape index (κ3) is 3.74. The van der Waals surface area contributed by atoms with Crippen molar-refractivity contribution in [1.82, 2.24) is 0 Å². The van der Waals surface area contributed by atoms with Crippen LogP contribution in [0.15, 0.2) is 42.5 Å². The third-order valence-electron chi connectivity index (χ3n) is 4.39. The van der Waals surface area contributed by atoms with Crippen molar-refractivity contribution >= 4 is 23.0 Å². The molecule has 0 amide bonds. The number of ether oxygens (including phenoxy) is 1. The number of hydrogen-bond donors (Lipinski definition) is 1. The van der Waals surface area contributed by atoms with Gasteiger partial charge in [-0.25, -0.2) is 0 Å². The van der Waals surface area contributed by atoms with Gasteiger partial charge < -0.3 is 15.0 Å². The Labute approximate surface area is 147 Å². The minimum atomic E-state index is 0.368. The zero-order chi connectivity index (χ0) is 16.9. The molecule has 124 valence electrons. The molecule has 3 rings (SSSR count). The van der Waals surface area contributed by atoms with E-state index in [0.717, 1.165) is 37.4 Å². The number of nitrogens with zero attached hydrogens (tertiary/aromatic N) is 2. The highest BCUT2D eigenvalue weighted by Crippen LogP contribution is 2.26. The number of nitriles is 1. The van der Waals surface area contributed by atoms with E-state index < -0.39 is 0 Å². The van der Waals surface area contributed by atoms with Crippen molar-refractivity contribution in [3.05, 3.63) is 53.1 Å². The predicted octanol–water partition coefficient (Wildman–Crippen LogP) is 4.30. The molecule has 4 nitrogen and oxygen atoms in total. The van der Waals surface area contributed by atoms with Crippen LogP contribution in [0.4, 0.5) is 11.4 Å². The molecule has 1 heterocycles. The molecular formula is C19H20ClN3O. The van der Waals surface area contributed by atoms with Crippen LogP contribution < -0.4 is 15.0 Å². The zero-order valence-electron chi connectivity index (χ0n) is 13.6. The summed E-state index contributed by atoms with van der Waals surface area (Å²) < 4.78 is 5.21. The van der Waals surface area contributed by atoms with Gasteiger partial charge in [0.2, 0.25) is 0 Å². The summed E-state index contributed by atoms with van der Waals surface area (Å²) in [6.07, 6.45) is 2.05. The van der Waals surface area contributed by atoms with Gasteiger partial charge in [0.25, 0.3) is 0 Å². The van der Waals surface area contributed by atoms with Gasteiger partial charge in [-0.15, -0.1) is 0 Å². The van der Waals surface area contributed by atoms with Gasteiger partial charge in [-0.05, 0) is 55.3 Å². The number of rotatable bonds is 4. The Bertz CT molecular complexity index is 731. The SMILES string of the molecule is COc1ccc(N2CCC(Nc3ccc(Cl)cc3C#N)CC2)cc1. The number of halogens is 1. The summed E-state index contributed by atoms with van der Waals surface area (Å²) in [5.41, 5.74) is 2.68. The maximum atomic E-state index is 9.24. The van der Waals surface area contributed by atoms with Crippen molar-refractivity contribution in [2.45, 2.75) is 18.9 Å². The lowest BCUT2D eigenvalue weighted by atomic mass is 10.0. The lowest BCUT2D eigenvalue weighted by molar-refractivity contribution is 0.414. The summed E-state index contributed by atoms with van der Waals surface area (Å²) in [6.45, 7) is 1.97. The zero-order valence-corrected chi connectivity index (χ0v) is 14.4. The van der Waals surface area contributed by atoms with Gasteiger partial charge in [0.15, 0.2) is 0 Å². The Morgan fingerprint density at radius 1 is 1.17 bits per heavy atom. The van der Waals surface area contributed by atoms with Crippen molar-refractivity contribution in [3.8, 4) is 11.8 Å². The Balaban J connectivity index is 1.60. The van der Waals surface area contributed by atoms with Crippen LogP contribution in [0.5, 0.6) is 5.75 Å². The summed E-state index contributed by atoms with van der Waals surface area (Å²) in [5, 5.41) is 13.3. The van der Waals surface area contributed by atoms with E-state index in [9.17, 15) is 5.26 Å². The molecule has 1 fully saturated rings. The quantitative estimate of drug-likeness (QED) is 0.900. The maximum absolute atomic E-state index is 9.24. The molecular weight excluding hydrogens is 322 g/mol. The molecule has 1 N–H and O–H groups in total. The van der Waals surface area contributed by atoms with E-state index in [-0.39, 0.29) is 0 Å². The minimum absolute atomic E-state index is 0.368. The molecule has 0 aliphatic carbocycles. The summed E-state index contributed by atoms with van der Waals surface area (Å²) in [5.74, 6) is 0.877. The van der Waals surface area contributed by atoms with Gasteiger partial charge >= 0.3 is 0 Å². The lowest BCUT2D eigenvalue weighted by Crippen LogP contribution is -2.39. The minimum Gasteiger partial charge on any atom is -0.497 e. The summed E-state index contributed by atoms with van der Waals surface area (Å²) in [7, 11) is 1.68. The van der Waals surface area contributed by atoms with Crippen LogP contribution in [0.3, 0.4) is 0 Å². The summed E-state index contributed by atoms with van der Waals surface area (Å²) in [6, 6.07) is 16.2. The number of piperidine rings is 1. The molecule has 2 aromatic carbocycles. The molecule has 2 aromatic rings. The van der Waals surface area contributed by atoms with Gasteiger partial charge in [0, 0.05) is 29.8 Å². The highest BCUT2D eigenvalue weighted by molar-refractivity contribution is 6.30. The molecule has 0 aromatic heterocycles. The molecule has 0 radical (unpaired) electrons. The normalized spacial score (nSPS) is 15.0. The van der Waals surface area contributed by atoms with E-state index in [1.54, 1.807) is 13.2 Å². The van der Waals surface area contributed by atoms with E-state index in [1.165, 1.54) is 5.69 Å². The average Bonchev–Trinajstić information content (AvgIpc) is 2.64. The van der Waals surface area contributed by atoms with Crippen LogP contribution in [0.25, 0.3) is 0 Å². The van der Waals surface area contributed by atoms with Crippen molar-refractivity contribution < 1.29 is 4.74 Å². The summed E-state index contributed by atoms with van der Waals surface area (Å²) >= 11 is 5.95. The third-order valence-corrected chi connectivity index (χ3v) is 4.63. The second kappa shape index (κ2) is 7.46. The predicted molar refractivity (Wildman–Crippen MR) is 98.0 cm³/mol. The number of benzene rings is 2. The number of anilines is 2. The standard InChI is InChI=1S/C19H20ClN3O/c1-24-18-5-3-17(4-6-18)23-10-8-16(9-11-23)22-19-7-2-15(20)12-14(19)13-21/h2-7,12,16,22H,8-11H2,1H3. The molecule has 0 bridgehead atoms. The molecule has 0 unspecified atom stereocenters. The van der Waals surface area contributed by atoms with Crippen LogP contribution in [-0.2, 0) is 0 Å². The second-order valence-corrected chi connectivity index (χ2v) is 6.34. The molecule has 0 saturated carbocycles. The van der Waals surface area contributed by atoms with Crippen LogP contribution in [0.1, 0.15) is 18.4 Å². The molecule has 1 aliphatic heterocycles. The van der Waals surface area contributed by atoms with Crippen molar-refractivity contribution in [3.63, 3.8) is 0 Å². The fourth-order valence-electron chi connectivity index (χ4n) is 3.03. The van der Waals surface area contributed by atoms with Crippen LogP contribution in [-0.4, -0.2) is 26.2 Å². The van der Waals surface area contributed by atoms with Crippen molar-refractivity contribution in [2.24, 2.45) is 0 Å². The first-order valence-corrected chi connectivity index (χ1v) is 8.42. The monoisotopic (exact) mass is 341 g/mol. The molecule has 5 heteroatoms. The van der Waals surface area contributed by atoms with E-state index in [1.807, 2.05) is 24.3 Å². The van der Waals surface area contributed by atoms with Gasteiger partial charge in [0.1, 0.15) is 11.8 Å². The average molecular weight is 342 g/mol. The number of nitrogens with one attached hydrogen (secondary N) is 1. The van der Waals surface area contributed by atoms with Crippen molar-refractivity contribution in [1.29, 1.82) is 5.26 Å². The fourth-order valence-corrected chi connectivity index (χ4v) is 3.20.